The molecule has 0 spiro atoms. The van der Waals surface area contributed by atoms with Crippen molar-refractivity contribution in [1.82, 2.24) is 10.2 Å². The van der Waals surface area contributed by atoms with E-state index in [9.17, 15) is 30.7 Å². The zero-order valence-corrected chi connectivity index (χ0v) is 15.3. The van der Waals surface area contributed by atoms with E-state index in [0.29, 0.717) is 39.0 Å². The maximum atomic E-state index is 14.9. The summed E-state index contributed by atoms with van der Waals surface area (Å²) < 4.78 is 95.1. The van der Waals surface area contributed by atoms with Crippen LogP contribution in [0.15, 0.2) is 12.1 Å². The Morgan fingerprint density at radius 1 is 0.893 bits per heavy atom. The third-order valence-corrected chi connectivity index (χ3v) is 5.70. The molecule has 0 unspecified atom stereocenters. The van der Waals surface area contributed by atoms with Crippen molar-refractivity contribution in [2.75, 3.05) is 26.2 Å². The Morgan fingerprint density at radius 2 is 1.50 bits per heavy atom. The number of hydrogen-bond donors (Lipinski definition) is 1. The molecule has 0 aromatic heterocycles. The standard InChI is InChI=1S/C19H23F7N2/c20-15-11-13(18(21,22)23)10-14(19(24,25)26)16(15)17(12-4-2-1-3-5-12)28-8-6-27-7-9-28/h10-12,17,27H,1-9H2/t17-/m1/s1. The number of nitrogens with one attached hydrogen (secondary N) is 1. The van der Waals surface area contributed by atoms with Gasteiger partial charge in [0.2, 0.25) is 0 Å². The second-order valence-corrected chi connectivity index (χ2v) is 7.54. The first kappa shape index (κ1) is 21.4. The van der Waals surface area contributed by atoms with Crippen LogP contribution in [0.5, 0.6) is 0 Å². The van der Waals surface area contributed by atoms with Gasteiger partial charge < -0.3 is 5.32 Å². The van der Waals surface area contributed by atoms with Gasteiger partial charge in [0.15, 0.2) is 0 Å². The minimum atomic E-state index is -5.07. The lowest BCUT2D eigenvalue weighted by molar-refractivity contribution is -0.144. The number of alkyl halides is 6. The Bertz CT molecular complexity index is 654. The number of rotatable bonds is 3. The van der Waals surface area contributed by atoms with E-state index in [1.807, 2.05) is 0 Å². The summed E-state index contributed by atoms with van der Waals surface area (Å²) in [5.74, 6) is -1.63. The smallest absolute Gasteiger partial charge is 0.314 e. The van der Waals surface area contributed by atoms with Gasteiger partial charge in [-0.2, -0.15) is 26.3 Å². The molecule has 1 aliphatic heterocycles. The molecule has 1 saturated carbocycles. The quantitative estimate of drug-likeness (QED) is 0.670. The van der Waals surface area contributed by atoms with Crippen LogP contribution in [-0.4, -0.2) is 31.1 Å². The van der Waals surface area contributed by atoms with Crippen molar-refractivity contribution in [1.29, 1.82) is 0 Å². The van der Waals surface area contributed by atoms with Crippen LogP contribution in [0.3, 0.4) is 0 Å². The minimum absolute atomic E-state index is 0.0659. The summed E-state index contributed by atoms with van der Waals surface area (Å²) in [6, 6.07) is -0.597. The van der Waals surface area contributed by atoms with E-state index < -0.39 is 40.9 Å². The van der Waals surface area contributed by atoms with Gasteiger partial charge in [-0.15, -0.1) is 0 Å². The molecule has 9 heteroatoms. The first-order valence-corrected chi connectivity index (χ1v) is 9.51. The van der Waals surface area contributed by atoms with E-state index in [1.54, 1.807) is 4.90 Å². The lowest BCUT2D eigenvalue weighted by atomic mass is 9.78. The lowest BCUT2D eigenvalue weighted by Gasteiger charge is -2.42. The average Bonchev–Trinajstić information content (AvgIpc) is 2.63. The van der Waals surface area contributed by atoms with Crippen LogP contribution in [0.1, 0.15) is 54.8 Å². The molecule has 28 heavy (non-hydrogen) atoms. The monoisotopic (exact) mass is 412 g/mol. The fraction of sp³-hybridized carbons (Fsp3) is 0.684. The molecule has 1 saturated heterocycles. The van der Waals surface area contributed by atoms with Gasteiger partial charge in [0.05, 0.1) is 11.1 Å². The Kier molecular flexibility index (Phi) is 6.24. The third kappa shape index (κ3) is 4.62. The van der Waals surface area contributed by atoms with Gasteiger partial charge in [-0.1, -0.05) is 19.3 Å². The second-order valence-electron chi connectivity index (χ2n) is 7.54. The summed E-state index contributed by atoms with van der Waals surface area (Å²) in [6.07, 6.45) is -6.20. The van der Waals surface area contributed by atoms with E-state index in [-0.39, 0.29) is 18.1 Å². The van der Waals surface area contributed by atoms with Crippen LogP contribution < -0.4 is 5.32 Å². The third-order valence-electron chi connectivity index (χ3n) is 5.70. The van der Waals surface area contributed by atoms with Crippen LogP contribution in [-0.2, 0) is 12.4 Å². The summed E-state index contributed by atoms with van der Waals surface area (Å²) >= 11 is 0. The second kappa shape index (κ2) is 8.18. The zero-order valence-electron chi connectivity index (χ0n) is 15.3. The summed E-state index contributed by atoms with van der Waals surface area (Å²) in [6.45, 7) is 1.96. The van der Waals surface area contributed by atoms with Gasteiger partial charge in [-0.25, -0.2) is 4.39 Å². The molecular formula is C19H23F7N2. The van der Waals surface area contributed by atoms with Crippen molar-refractivity contribution in [2.24, 2.45) is 5.92 Å². The van der Waals surface area contributed by atoms with Crippen molar-refractivity contribution in [3.05, 3.63) is 34.6 Å². The predicted octanol–water partition coefficient (Wildman–Crippen LogP) is 5.39. The fourth-order valence-corrected chi connectivity index (χ4v) is 4.44. The highest BCUT2D eigenvalue weighted by Crippen LogP contribution is 2.46. The first-order valence-electron chi connectivity index (χ1n) is 9.51. The Balaban J connectivity index is 2.14. The number of benzene rings is 1. The molecule has 0 bridgehead atoms. The molecule has 1 aromatic carbocycles. The van der Waals surface area contributed by atoms with E-state index in [2.05, 4.69) is 5.32 Å². The molecule has 1 atom stereocenters. The minimum Gasteiger partial charge on any atom is -0.314 e. The summed E-state index contributed by atoms with van der Waals surface area (Å²) in [4.78, 5) is 1.80. The lowest BCUT2D eigenvalue weighted by Crippen LogP contribution is -2.47. The normalized spacial score (nSPS) is 21.7. The van der Waals surface area contributed by atoms with Crippen LogP contribution in [0.2, 0.25) is 0 Å². The van der Waals surface area contributed by atoms with Crippen LogP contribution in [0.4, 0.5) is 30.7 Å². The zero-order chi connectivity index (χ0) is 20.5. The number of hydrogen-bond acceptors (Lipinski definition) is 2. The van der Waals surface area contributed by atoms with E-state index in [4.69, 9.17) is 0 Å². The first-order chi connectivity index (χ1) is 13.1. The van der Waals surface area contributed by atoms with Crippen molar-refractivity contribution in [3.8, 4) is 0 Å². The molecule has 2 nitrogen and oxygen atoms in total. The maximum Gasteiger partial charge on any atom is 0.416 e. The maximum absolute atomic E-state index is 14.9. The number of piperazine rings is 1. The number of nitrogens with zero attached hydrogens (tertiary/aromatic N) is 1. The van der Waals surface area contributed by atoms with Crippen LogP contribution in [0.25, 0.3) is 0 Å². The molecule has 1 N–H and O–H groups in total. The highest BCUT2D eigenvalue weighted by molar-refractivity contribution is 5.39. The largest absolute Gasteiger partial charge is 0.416 e. The summed E-state index contributed by atoms with van der Waals surface area (Å²) in [5, 5.41) is 3.11. The van der Waals surface area contributed by atoms with E-state index >= 15 is 0 Å². The molecule has 1 heterocycles. The van der Waals surface area contributed by atoms with E-state index in [1.165, 1.54) is 0 Å². The molecule has 158 valence electrons. The van der Waals surface area contributed by atoms with Crippen molar-refractivity contribution in [3.63, 3.8) is 0 Å². The summed E-state index contributed by atoms with van der Waals surface area (Å²) in [5.41, 5.74) is -3.74. The SMILES string of the molecule is Fc1cc(C(F)(F)F)cc(C(F)(F)F)c1[C@@H](C1CCCCC1)N1CCNCC1. The van der Waals surface area contributed by atoms with Gasteiger partial charge >= 0.3 is 12.4 Å². The fourth-order valence-electron chi connectivity index (χ4n) is 4.44. The van der Waals surface area contributed by atoms with E-state index in [0.717, 1.165) is 19.3 Å². The average molecular weight is 412 g/mol. The van der Waals surface area contributed by atoms with Gasteiger partial charge in [0, 0.05) is 37.8 Å². The summed E-state index contributed by atoms with van der Waals surface area (Å²) in [7, 11) is 0. The van der Waals surface area contributed by atoms with Crippen LogP contribution in [0, 0.1) is 11.7 Å². The van der Waals surface area contributed by atoms with Gasteiger partial charge in [-0.05, 0) is 30.9 Å². The molecule has 0 amide bonds. The molecule has 2 aliphatic rings. The van der Waals surface area contributed by atoms with Crippen molar-refractivity contribution < 1.29 is 30.7 Å². The van der Waals surface area contributed by atoms with Gasteiger partial charge in [0.1, 0.15) is 5.82 Å². The molecular weight excluding hydrogens is 389 g/mol. The Morgan fingerprint density at radius 3 is 2.04 bits per heavy atom. The predicted molar refractivity (Wildman–Crippen MR) is 90.2 cm³/mol. The van der Waals surface area contributed by atoms with Crippen molar-refractivity contribution >= 4 is 0 Å². The van der Waals surface area contributed by atoms with Gasteiger partial charge in [0.25, 0.3) is 0 Å². The van der Waals surface area contributed by atoms with Gasteiger partial charge in [-0.3, -0.25) is 4.90 Å². The molecule has 3 rings (SSSR count). The molecule has 1 aromatic rings. The Hall–Kier alpha value is -1.35. The highest BCUT2D eigenvalue weighted by atomic mass is 19.4. The number of halogens is 7. The van der Waals surface area contributed by atoms with Crippen molar-refractivity contribution in [2.45, 2.75) is 50.5 Å². The molecule has 0 radical (unpaired) electrons. The van der Waals surface area contributed by atoms with Crippen LogP contribution >= 0.6 is 0 Å². The Labute approximate surface area is 159 Å². The molecule has 1 aliphatic carbocycles. The highest BCUT2D eigenvalue weighted by Gasteiger charge is 2.44. The topological polar surface area (TPSA) is 15.3 Å². The molecule has 2 fully saturated rings.